The minimum Gasteiger partial charge on any atom is -0.379 e. The summed E-state index contributed by atoms with van der Waals surface area (Å²) in [5, 5.41) is 6.80. The molecule has 1 saturated carbocycles. The number of anilines is 1. The molecule has 1 unspecified atom stereocenters. The summed E-state index contributed by atoms with van der Waals surface area (Å²) in [4.78, 5) is 19.7. The fourth-order valence-electron chi connectivity index (χ4n) is 5.12. The zero-order chi connectivity index (χ0) is 23.4. The molecule has 7 nitrogen and oxygen atoms in total. The molecule has 2 aliphatic rings. The lowest BCUT2D eigenvalue weighted by molar-refractivity contribution is 0.0406. The molecule has 180 valence electrons. The van der Waals surface area contributed by atoms with Crippen molar-refractivity contribution in [2.45, 2.75) is 63.8 Å². The van der Waals surface area contributed by atoms with Gasteiger partial charge in [0, 0.05) is 44.1 Å². The average Bonchev–Trinajstić information content (AvgIpc) is 2.82. The van der Waals surface area contributed by atoms with Gasteiger partial charge in [0.15, 0.2) is 0 Å². The Morgan fingerprint density at radius 3 is 2.82 bits per heavy atom. The molecule has 1 saturated heterocycles. The first-order valence-electron chi connectivity index (χ1n) is 12.1. The maximum atomic E-state index is 14.4. The molecule has 2 heterocycles. The van der Waals surface area contributed by atoms with E-state index in [1.165, 1.54) is 38.2 Å². The average molecular weight is 458 g/mol. The van der Waals surface area contributed by atoms with Gasteiger partial charge in [-0.15, -0.1) is 0 Å². The van der Waals surface area contributed by atoms with E-state index in [0.29, 0.717) is 40.8 Å². The standard InChI is InChI=1S/C25H36FN5O2/c1-16(27)29-25(32)20-13-19-21(26)9-6-10-22(19)30-24(20)31-12-11-17(23(15-31)33-2)14-28-18-7-4-3-5-8-18/h6,9-10,13,16-18,23,28H,3-5,7-8,11-12,14-15,27H2,1-2H3,(H,29,32)/t16?,17-,23-/m0/s1. The van der Waals surface area contributed by atoms with Crippen LogP contribution in [-0.2, 0) is 4.74 Å². The highest BCUT2D eigenvalue weighted by Gasteiger charge is 2.32. The first-order valence-corrected chi connectivity index (χ1v) is 12.1. The van der Waals surface area contributed by atoms with Crippen molar-refractivity contribution in [3.05, 3.63) is 35.6 Å². The van der Waals surface area contributed by atoms with E-state index in [2.05, 4.69) is 15.5 Å². The summed E-state index contributed by atoms with van der Waals surface area (Å²) < 4.78 is 20.3. The van der Waals surface area contributed by atoms with Crippen molar-refractivity contribution < 1.29 is 13.9 Å². The number of benzene rings is 1. The lowest BCUT2D eigenvalue weighted by Crippen LogP contribution is -2.50. The molecular weight excluding hydrogens is 421 g/mol. The number of piperidine rings is 1. The Kier molecular flexibility index (Phi) is 7.78. The van der Waals surface area contributed by atoms with Crippen molar-refractivity contribution >= 4 is 22.6 Å². The molecule has 0 radical (unpaired) electrons. The number of hydrogen-bond acceptors (Lipinski definition) is 6. The van der Waals surface area contributed by atoms with Crippen LogP contribution in [0.5, 0.6) is 0 Å². The van der Waals surface area contributed by atoms with Crippen LogP contribution in [0.2, 0.25) is 0 Å². The van der Waals surface area contributed by atoms with Crippen LogP contribution in [0.4, 0.5) is 10.2 Å². The van der Waals surface area contributed by atoms with E-state index in [1.54, 1.807) is 32.2 Å². The van der Waals surface area contributed by atoms with Crippen LogP contribution < -0.4 is 21.3 Å². The number of fused-ring (bicyclic) bond motifs is 1. The zero-order valence-corrected chi connectivity index (χ0v) is 19.6. The van der Waals surface area contributed by atoms with Gasteiger partial charge in [-0.25, -0.2) is 9.37 Å². The number of carbonyl (C=O) groups excluding carboxylic acids is 1. The maximum absolute atomic E-state index is 14.4. The molecule has 33 heavy (non-hydrogen) atoms. The highest BCUT2D eigenvalue weighted by atomic mass is 19.1. The van der Waals surface area contributed by atoms with Crippen molar-refractivity contribution in [1.29, 1.82) is 0 Å². The molecule has 8 heteroatoms. The Hall–Kier alpha value is -2.29. The van der Waals surface area contributed by atoms with Crippen molar-refractivity contribution in [1.82, 2.24) is 15.6 Å². The third kappa shape index (κ3) is 5.62. The second-order valence-corrected chi connectivity index (χ2v) is 9.44. The number of methoxy groups -OCH3 is 1. The number of halogens is 1. The monoisotopic (exact) mass is 457 g/mol. The number of amides is 1. The van der Waals surface area contributed by atoms with Crippen LogP contribution in [0, 0.1) is 11.7 Å². The Balaban J connectivity index is 1.55. The number of hydrogen-bond donors (Lipinski definition) is 3. The Labute approximate surface area is 195 Å². The van der Waals surface area contributed by atoms with E-state index in [9.17, 15) is 9.18 Å². The summed E-state index contributed by atoms with van der Waals surface area (Å²) >= 11 is 0. The van der Waals surface area contributed by atoms with E-state index < -0.39 is 12.0 Å². The highest BCUT2D eigenvalue weighted by Crippen LogP contribution is 2.30. The third-order valence-corrected chi connectivity index (χ3v) is 6.96. The van der Waals surface area contributed by atoms with E-state index >= 15 is 0 Å². The van der Waals surface area contributed by atoms with Crippen LogP contribution >= 0.6 is 0 Å². The second kappa shape index (κ2) is 10.8. The quantitative estimate of drug-likeness (QED) is 0.553. The molecule has 0 spiro atoms. The summed E-state index contributed by atoms with van der Waals surface area (Å²) in [7, 11) is 1.74. The highest BCUT2D eigenvalue weighted by molar-refractivity contribution is 6.02. The summed E-state index contributed by atoms with van der Waals surface area (Å²) in [5.41, 5.74) is 6.65. The molecule has 4 rings (SSSR count). The molecule has 4 N–H and O–H groups in total. The van der Waals surface area contributed by atoms with Crippen LogP contribution in [0.15, 0.2) is 24.3 Å². The number of nitrogens with zero attached hydrogens (tertiary/aromatic N) is 2. The van der Waals surface area contributed by atoms with Gasteiger partial charge in [0.2, 0.25) is 0 Å². The van der Waals surface area contributed by atoms with Crippen molar-refractivity contribution in [2.24, 2.45) is 11.7 Å². The number of carbonyl (C=O) groups is 1. The Bertz CT molecular complexity index is 963. The predicted octanol–water partition coefficient (Wildman–Crippen LogP) is 3.17. The first kappa shape index (κ1) is 23.9. The van der Waals surface area contributed by atoms with Crippen LogP contribution in [0.1, 0.15) is 55.8 Å². The zero-order valence-electron chi connectivity index (χ0n) is 19.6. The normalized spacial score (nSPS) is 23.0. The molecule has 1 aliphatic carbocycles. The van der Waals surface area contributed by atoms with Crippen LogP contribution in [0.3, 0.4) is 0 Å². The lowest BCUT2D eigenvalue weighted by atomic mass is 9.91. The van der Waals surface area contributed by atoms with E-state index in [1.807, 2.05) is 0 Å². The molecular formula is C25H36FN5O2. The molecule has 2 fully saturated rings. The predicted molar refractivity (Wildman–Crippen MR) is 129 cm³/mol. The number of nitrogens with one attached hydrogen (secondary N) is 2. The van der Waals surface area contributed by atoms with Gasteiger partial charge in [0.1, 0.15) is 11.6 Å². The minimum absolute atomic E-state index is 0.0178. The van der Waals surface area contributed by atoms with E-state index in [4.69, 9.17) is 15.5 Å². The summed E-state index contributed by atoms with van der Waals surface area (Å²) in [6.45, 7) is 4.01. The lowest BCUT2D eigenvalue weighted by Gasteiger charge is -2.40. The second-order valence-electron chi connectivity index (χ2n) is 9.44. The van der Waals surface area contributed by atoms with Crippen LogP contribution in [-0.4, -0.2) is 55.9 Å². The Morgan fingerprint density at radius 2 is 2.09 bits per heavy atom. The first-order chi connectivity index (χ1) is 16.0. The summed E-state index contributed by atoms with van der Waals surface area (Å²) in [6, 6.07) is 6.98. The number of rotatable bonds is 7. The van der Waals surface area contributed by atoms with Gasteiger partial charge in [0.05, 0.1) is 23.3 Å². The topological polar surface area (TPSA) is 92.5 Å². The number of ether oxygens (including phenoxy) is 1. The molecule has 2 aromatic rings. The van der Waals surface area contributed by atoms with Gasteiger partial charge in [-0.2, -0.15) is 0 Å². The van der Waals surface area contributed by atoms with Crippen LogP contribution in [0.25, 0.3) is 10.9 Å². The maximum Gasteiger partial charge on any atom is 0.256 e. The summed E-state index contributed by atoms with van der Waals surface area (Å²) in [6.07, 6.45) is 6.90. The molecule has 3 atom stereocenters. The van der Waals surface area contributed by atoms with Crippen molar-refractivity contribution in [3.63, 3.8) is 0 Å². The summed E-state index contributed by atoms with van der Waals surface area (Å²) in [5.74, 6) is 0.191. The SMILES string of the molecule is CO[C@H]1CN(c2nc3cccc(F)c3cc2C(=O)NC(C)N)CC[C@H]1CNC1CCCCC1. The van der Waals surface area contributed by atoms with Gasteiger partial charge in [-0.05, 0) is 44.4 Å². The van der Waals surface area contributed by atoms with Gasteiger partial charge in [-0.1, -0.05) is 25.3 Å². The van der Waals surface area contributed by atoms with Gasteiger partial charge >= 0.3 is 0 Å². The number of pyridine rings is 1. The van der Waals surface area contributed by atoms with Gasteiger partial charge in [-0.3, -0.25) is 4.79 Å². The number of nitrogens with two attached hydrogens (primary N) is 1. The molecule has 1 aromatic heterocycles. The number of aromatic nitrogens is 1. The smallest absolute Gasteiger partial charge is 0.256 e. The fraction of sp³-hybridized carbons (Fsp3) is 0.600. The van der Waals surface area contributed by atoms with Gasteiger partial charge in [0.25, 0.3) is 5.91 Å². The molecule has 0 bridgehead atoms. The fourth-order valence-corrected chi connectivity index (χ4v) is 5.12. The molecule has 1 aromatic carbocycles. The largest absolute Gasteiger partial charge is 0.379 e. The van der Waals surface area contributed by atoms with Crippen molar-refractivity contribution in [3.8, 4) is 0 Å². The third-order valence-electron chi connectivity index (χ3n) is 6.96. The van der Waals surface area contributed by atoms with Crippen molar-refractivity contribution in [2.75, 3.05) is 31.6 Å². The molecule has 1 aliphatic heterocycles. The van der Waals surface area contributed by atoms with Gasteiger partial charge < -0.3 is 26.0 Å². The minimum atomic E-state index is -0.523. The van der Waals surface area contributed by atoms with E-state index in [0.717, 1.165) is 19.5 Å². The Morgan fingerprint density at radius 1 is 1.30 bits per heavy atom. The van der Waals surface area contributed by atoms with E-state index in [-0.39, 0.29) is 12.0 Å². The molecule has 1 amide bonds.